The Morgan fingerprint density at radius 1 is 0.538 bits per heavy atom. The molecule has 150 valence electrons. The molecule has 0 nitrogen and oxygen atoms in total. The summed E-state index contributed by atoms with van der Waals surface area (Å²) < 4.78 is 0. The van der Waals surface area contributed by atoms with Crippen LogP contribution in [0.25, 0.3) is 0 Å². The highest BCUT2D eigenvalue weighted by molar-refractivity contribution is 6.87. The van der Waals surface area contributed by atoms with E-state index in [1.54, 1.807) is 0 Å². The standard InChI is InChI=1S/C25H46Si/c1-5-9-13-16-19-23-26(22-12-8-4,24-20-17-14-10-6-2)25-21-18-15-11-7-3/h4H,5-7,9-11,13-21,23-25H2,1-3H3. The molecule has 0 unspecified atom stereocenters. The van der Waals surface area contributed by atoms with Crippen molar-refractivity contribution < 1.29 is 0 Å². The lowest BCUT2D eigenvalue weighted by atomic mass is 10.2. The van der Waals surface area contributed by atoms with Crippen molar-refractivity contribution in [2.24, 2.45) is 0 Å². The van der Waals surface area contributed by atoms with E-state index in [0.29, 0.717) is 0 Å². The van der Waals surface area contributed by atoms with Gasteiger partial charge in [-0.3, -0.25) is 0 Å². The van der Waals surface area contributed by atoms with Crippen LogP contribution in [0, 0.1) is 23.8 Å². The van der Waals surface area contributed by atoms with Gasteiger partial charge in [-0.15, -0.1) is 12.0 Å². The molecule has 0 saturated carbocycles. The quantitative estimate of drug-likeness (QED) is 0.128. The Morgan fingerprint density at radius 3 is 1.19 bits per heavy atom. The van der Waals surface area contributed by atoms with Gasteiger partial charge >= 0.3 is 0 Å². The molecular weight excluding hydrogens is 328 g/mol. The summed E-state index contributed by atoms with van der Waals surface area (Å²) in [6, 6.07) is 4.19. The lowest BCUT2D eigenvalue weighted by Crippen LogP contribution is -2.32. The predicted molar refractivity (Wildman–Crippen MR) is 123 cm³/mol. The van der Waals surface area contributed by atoms with E-state index in [1.165, 1.54) is 114 Å². The third kappa shape index (κ3) is 14.5. The Labute approximate surface area is 167 Å². The monoisotopic (exact) mass is 374 g/mol. The predicted octanol–water partition coefficient (Wildman–Crippen LogP) is 8.52. The maximum absolute atomic E-state index is 5.52. The smallest absolute Gasteiger partial charge is 0.117 e. The molecule has 0 aliphatic carbocycles. The first-order valence-electron chi connectivity index (χ1n) is 11.7. The minimum atomic E-state index is -1.50. The second-order valence-electron chi connectivity index (χ2n) is 8.17. The van der Waals surface area contributed by atoms with Gasteiger partial charge in [-0.1, -0.05) is 117 Å². The number of hydrogen-bond donors (Lipinski definition) is 0. The van der Waals surface area contributed by atoms with Crippen LogP contribution in [0.4, 0.5) is 0 Å². The zero-order valence-corrected chi connectivity index (χ0v) is 19.3. The van der Waals surface area contributed by atoms with E-state index in [9.17, 15) is 0 Å². The van der Waals surface area contributed by atoms with Crippen LogP contribution in [0.3, 0.4) is 0 Å². The van der Waals surface area contributed by atoms with Gasteiger partial charge in [-0.25, -0.2) is 0 Å². The Bertz CT molecular complexity index is 357. The zero-order chi connectivity index (χ0) is 19.3. The maximum atomic E-state index is 5.52. The second-order valence-corrected chi connectivity index (χ2v) is 12.5. The topological polar surface area (TPSA) is 0 Å². The molecule has 0 aromatic carbocycles. The molecule has 0 aromatic heterocycles. The van der Waals surface area contributed by atoms with Crippen LogP contribution in [0.1, 0.15) is 117 Å². The molecule has 0 N–H and O–H groups in total. The van der Waals surface area contributed by atoms with Crippen molar-refractivity contribution in [3.05, 3.63) is 0 Å². The highest BCUT2D eigenvalue weighted by Crippen LogP contribution is 2.29. The van der Waals surface area contributed by atoms with Crippen molar-refractivity contribution in [3.63, 3.8) is 0 Å². The summed E-state index contributed by atoms with van der Waals surface area (Å²) in [5, 5.41) is 0. The van der Waals surface area contributed by atoms with Crippen molar-refractivity contribution in [1.82, 2.24) is 0 Å². The van der Waals surface area contributed by atoms with Crippen molar-refractivity contribution in [2.75, 3.05) is 0 Å². The number of hydrogen-bond acceptors (Lipinski definition) is 0. The lowest BCUT2D eigenvalue weighted by Gasteiger charge is -2.26. The Kier molecular flexibility index (Phi) is 18.6. The lowest BCUT2D eigenvalue weighted by molar-refractivity contribution is 0.633. The average Bonchev–Trinajstić information content (AvgIpc) is 2.65. The van der Waals surface area contributed by atoms with Gasteiger partial charge in [0.05, 0.1) is 0 Å². The third-order valence-electron chi connectivity index (χ3n) is 5.68. The van der Waals surface area contributed by atoms with Crippen LogP contribution in [-0.4, -0.2) is 8.07 Å². The molecule has 0 spiro atoms. The molecule has 0 atom stereocenters. The first-order valence-corrected chi connectivity index (χ1v) is 14.3. The summed E-state index contributed by atoms with van der Waals surface area (Å²) in [4.78, 5) is 0. The molecule has 0 aromatic rings. The van der Waals surface area contributed by atoms with Crippen LogP contribution in [0.2, 0.25) is 18.1 Å². The summed E-state index contributed by atoms with van der Waals surface area (Å²) in [5.41, 5.74) is 3.71. The largest absolute Gasteiger partial charge is 0.139 e. The van der Waals surface area contributed by atoms with Crippen molar-refractivity contribution >= 4 is 8.07 Å². The summed E-state index contributed by atoms with van der Waals surface area (Å²) in [6.45, 7) is 6.89. The molecule has 26 heavy (non-hydrogen) atoms. The molecule has 0 bridgehead atoms. The highest BCUT2D eigenvalue weighted by atomic mass is 28.3. The van der Waals surface area contributed by atoms with E-state index < -0.39 is 8.07 Å². The van der Waals surface area contributed by atoms with E-state index in [1.807, 2.05) is 0 Å². The Hall–Kier alpha value is -0.663. The SMILES string of the molecule is C#CC#C[Si](CCCCCCC)(CCCCCCC)CCCCCCC. The second kappa shape index (κ2) is 19.1. The van der Waals surface area contributed by atoms with Crippen LogP contribution in [0.15, 0.2) is 0 Å². The van der Waals surface area contributed by atoms with Gasteiger partial charge < -0.3 is 0 Å². The van der Waals surface area contributed by atoms with Crippen molar-refractivity contribution in [2.45, 2.75) is 135 Å². The molecule has 0 heterocycles. The number of rotatable bonds is 18. The molecule has 0 amide bonds. The first kappa shape index (κ1) is 25.3. The highest BCUT2D eigenvalue weighted by Gasteiger charge is 2.29. The van der Waals surface area contributed by atoms with Gasteiger partial charge in [0.25, 0.3) is 0 Å². The van der Waals surface area contributed by atoms with E-state index in [-0.39, 0.29) is 0 Å². The number of terminal acetylenes is 1. The summed E-state index contributed by atoms with van der Waals surface area (Å²) in [6.07, 6.45) is 26.2. The van der Waals surface area contributed by atoms with E-state index in [0.717, 1.165) is 0 Å². The third-order valence-corrected chi connectivity index (χ3v) is 10.3. The summed E-state index contributed by atoms with van der Waals surface area (Å²) in [5.74, 6) is 5.71. The maximum Gasteiger partial charge on any atom is 0.139 e. The van der Waals surface area contributed by atoms with Gasteiger partial charge in [0.2, 0.25) is 0 Å². The molecule has 0 rings (SSSR count). The molecule has 0 fully saturated rings. The van der Waals surface area contributed by atoms with E-state index in [4.69, 9.17) is 6.42 Å². The van der Waals surface area contributed by atoms with Gasteiger partial charge in [-0.05, 0) is 30.0 Å². The molecular formula is C25H46Si. The molecule has 0 aliphatic heterocycles. The fourth-order valence-corrected chi connectivity index (χ4v) is 8.17. The molecule has 0 radical (unpaired) electrons. The van der Waals surface area contributed by atoms with Crippen LogP contribution >= 0.6 is 0 Å². The minimum absolute atomic E-state index is 1.33. The van der Waals surface area contributed by atoms with Crippen molar-refractivity contribution in [3.8, 4) is 23.8 Å². The van der Waals surface area contributed by atoms with Crippen molar-refractivity contribution in [1.29, 1.82) is 0 Å². The summed E-state index contributed by atoms with van der Waals surface area (Å²) >= 11 is 0. The minimum Gasteiger partial charge on any atom is -0.117 e. The van der Waals surface area contributed by atoms with Crippen LogP contribution in [-0.2, 0) is 0 Å². The molecule has 0 saturated heterocycles. The van der Waals surface area contributed by atoms with Gasteiger partial charge in [0.15, 0.2) is 0 Å². The van der Waals surface area contributed by atoms with E-state index >= 15 is 0 Å². The molecule has 0 aliphatic rings. The fourth-order valence-electron chi connectivity index (χ4n) is 3.93. The van der Waals surface area contributed by atoms with Crippen LogP contribution < -0.4 is 0 Å². The van der Waals surface area contributed by atoms with E-state index in [2.05, 4.69) is 38.2 Å². The fraction of sp³-hybridized carbons (Fsp3) is 0.840. The summed E-state index contributed by atoms with van der Waals surface area (Å²) in [7, 11) is -1.50. The first-order chi connectivity index (χ1) is 12.7. The zero-order valence-electron chi connectivity index (χ0n) is 18.3. The Balaban J connectivity index is 4.67. The number of unbranched alkanes of at least 4 members (excludes halogenated alkanes) is 12. The van der Waals surface area contributed by atoms with Gasteiger partial charge in [-0.2, -0.15) is 0 Å². The normalized spacial score (nSPS) is 11.0. The van der Waals surface area contributed by atoms with Crippen LogP contribution in [0.5, 0.6) is 0 Å². The Morgan fingerprint density at radius 2 is 0.885 bits per heavy atom. The van der Waals surface area contributed by atoms with Gasteiger partial charge in [0.1, 0.15) is 8.07 Å². The van der Waals surface area contributed by atoms with Gasteiger partial charge in [0, 0.05) is 0 Å². The average molecular weight is 375 g/mol. The molecule has 1 heteroatoms.